The fourth-order valence-corrected chi connectivity index (χ4v) is 4.77. The van der Waals surface area contributed by atoms with Crippen LogP contribution >= 0.6 is 11.8 Å². The number of imidazole rings is 1. The lowest BCUT2D eigenvalue weighted by Crippen LogP contribution is -2.14. The lowest BCUT2D eigenvalue weighted by Gasteiger charge is -2.12. The van der Waals surface area contributed by atoms with Crippen LogP contribution in [0.4, 0.5) is 5.69 Å². The van der Waals surface area contributed by atoms with Crippen molar-refractivity contribution in [1.29, 1.82) is 0 Å². The lowest BCUT2D eigenvalue weighted by molar-refractivity contribution is 0.102. The molecule has 4 aromatic rings. The summed E-state index contributed by atoms with van der Waals surface area (Å²) < 4.78 is 7.38. The molecule has 170 valence electrons. The van der Waals surface area contributed by atoms with Gasteiger partial charge in [0.1, 0.15) is 16.6 Å². The molecular weight excluding hydrogens is 434 g/mol. The predicted molar refractivity (Wildman–Crippen MR) is 130 cm³/mol. The summed E-state index contributed by atoms with van der Waals surface area (Å²) in [6.07, 6.45) is 5.51. The van der Waals surface area contributed by atoms with Crippen molar-refractivity contribution < 1.29 is 9.32 Å². The van der Waals surface area contributed by atoms with E-state index in [0.29, 0.717) is 28.8 Å². The van der Waals surface area contributed by atoms with E-state index in [1.54, 1.807) is 18.3 Å². The van der Waals surface area contributed by atoms with E-state index < -0.39 is 0 Å². The number of thioether (sulfide) groups is 1. The SMILES string of the molecule is Cc1noc(C)c1CSc1ncccc1C(=O)Nc1cccc(Cn2ccnc2C(C)C)c1. The highest BCUT2D eigenvalue weighted by Gasteiger charge is 2.16. The van der Waals surface area contributed by atoms with E-state index in [2.05, 4.69) is 44.9 Å². The summed E-state index contributed by atoms with van der Waals surface area (Å²) in [6.45, 7) is 8.76. The van der Waals surface area contributed by atoms with E-state index in [1.807, 2.05) is 44.4 Å². The molecule has 8 heteroatoms. The number of rotatable bonds is 8. The molecule has 0 aliphatic carbocycles. The van der Waals surface area contributed by atoms with E-state index >= 15 is 0 Å². The Balaban J connectivity index is 1.48. The minimum atomic E-state index is -0.188. The summed E-state index contributed by atoms with van der Waals surface area (Å²) in [4.78, 5) is 22.0. The summed E-state index contributed by atoms with van der Waals surface area (Å²) >= 11 is 1.50. The van der Waals surface area contributed by atoms with Crippen molar-refractivity contribution in [2.75, 3.05) is 5.32 Å². The molecule has 0 fully saturated rings. The first-order valence-corrected chi connectivity index (χ1v) is 11.8. The van der Waals surface area contributed by atoms with Crippen LogP contribution in [0.3, 0.4) is 0 Å². The van der Waals surface area contributed by atoms with E-state index in [0.717, 1.165) is 34.1 Å². The van der Waals surface area contributed by atoms with Crippen LogP contribution in [0, 0.1) is 13.8 Å². The van der Waals surface area contributed by atoms with Crippen LogP contribution in [0.1, 0.15) is 58.5 Å². The molecule has 0 aliphatic rings. The van der Waals surface area contributed by atoms with Crippen LogP contribution in [0.25, 0.3) is 0 Å². The Labute approximate surface area is 197 Å². The molecule has 0 atom stereocenters. The monoisotopic (exact) mass is 461 g/mol. The normalized spacial score (nSPS) is 11.2. The molecule has 4 rings (SSSR count). The summed E-state index contributed by atoms with van der Waals surface area (Å²) in [5.74, 6) is 2.62. The molecule has 0 saturated carbocycles. The smallest absolute Gasteiger partial charge is 0.258 e. The number of anilines is 1. The lowest BCUT2D eigenvalue weighted by atomic mass is 10.1. The highest BCUT2D eigenvalue weighted by Crippen LogP contribution is 2.28. The van der Waals surface area contributed by atoms with Crippen LogP contribution in [0.2, 0.25) is 0 Å². The number of nitrogens with zero attached hydrogens (tertiary/aromatic N) is 4. The van der Waals surface area contributed by atoms with Gasteiger partial charge in [-0.2, -0.15) is 0 Å². The Bertz CT molecular complexity index is 1240. The van der Waals surface area contributed by atoms with E-state index in [1.165, 1.54) is 11.8 Å². The highest BCUT2D eigenvalue weighted by molar-refractivity contribution is 7.98. The number of nitrogens with one attached hydrogen (secondary N) is 1. The maximum Gasteiger partial charge on any atom is 0.258 e. The standard InChI is InChI=1S/C25H27N5O2S/c1-16(2)23-26-11-12-30(23)14-19-7-5-8-20(13-19)28-24(31)21-9-6-10-27-25(21)33-15-22-17(3)29-32-18(22)4/h5-13,16H,14-15H2,1-4H3,(H,28,31). The zero-order valence-electron chi connectivity index (χ0n) is 19.2. The molecular formula is C25H27N5O2S. The zero-order chi connectivity index (χ0) is 23.4. The maximum atomic E-state index is 13.1. The number of hydrogen-bond donors (Lipinski definition) is 1. The van der Waals surface area contributed by atoms with E-state index in [-0.39, 0.29) is 5.91 Å². The van der Waals surface area contributed by atoms with Gasteiger partial charge in [-0.25, -0.2) is 9.97 Å². The molecule has 1 aromatic carbocycles. The van der Waals surface area contributed by atoms with Crippen LogP contribution in [0.5, 0.6) is 0 Å². The molecule has 0 aliphatic heterocycles. The van der Waals surface area contributed by atoms with Gasteiger partial charge in [-0.1, -0.05) is 31.1 Å². The number of amides is 1. The van der Waals surface area contributed by atoms with Crippen molar-refractivity contribution in [3.05, 3.63) is 89.0 Å². The fourth-order valence-electron chi connectivity index (χ4n) is 3.62. The first kappa shape index (κ1) is 22.8. The van der Waals surface area contributed by atoms with Crippen molar-refractivity contribution in [2.45, 2.75) is 50.9 Å². The minimum Gasteiger partial charge on any atom is -0.361 e. The molecule has 0 saturated heterocycles. The molecule has 0 bridgehead atoms. The quantitative estimate of drug-likeness (QED) is 0.344. The number of hydrogen-bond acceptors (Lipinski definition) is 6. The molecule has 1 N–H and O–H groups in total. The van der Waals surface area contributed by atoms with Crippen molar-refractivity contribution in [3.63, 3.8) is 0 Å². The third kappa shape index (κ3) is 5.34. The number of carbonyl (C=O) groups excluding carboxylic acids is 1. The zero-order valence-corrected chi connectivity index (χ0v) is 20.0. The van der Waals surface area contributed by atoms with Crippen molar-refractivity contribution >= 4 is 23.4 Å². The molecule has 0 spiro atoms. The number of aromatic nitrogens is 4. The Morgan fingerprint density at radius 2 is 2.00 bits per heavy atom. The average molecular weight is 462 g/mol. The number of aryl methyl sites for hydroxylation is 2. The van der Waals surface area contributed by atoms with Gasteiger partial charge >= 0.3 is 0 Å². The Hall–Kier alpha value is -3.39. The molecule has 3 aromatic heterocycles. The summed E-state index contributed by atoms with van der Waals surface area (Å²) in [5.41, 5.74) is 4.26. The largest absolute Gasteiger partial charge is 0.361 e. The third-order valence-electron chi connectivity index (χ3n) is 5.35. The van der Waals surface area contributed by atoms with Crippen molar-refractivity contribution in [2.24, 2.45) is 0 Å². The van der Waals surface area contributed by atoms with Gasteiger partial charge in [0.25, 0.3) is 5.91 Å². The van der Waals surface area contributed by atoms with Gasteiger partial charge in [0.05, 0.1) is 11.3 Å². The van der Waals surface area contributed by atoms with Crippen LogP contribution in [0.15, 0.2) is 64.5 Å². The second-order valence-corrected chi connectivity index (χ2v) is 9.13. The second-order valence-electron chi connectivity index (χ2n) is 8.17. The summed E-state index contributed by atoms with van der Waals surface area (Å²) in [6, 6.07) is 11.5. The second kappa shape index (κ2) is 10.0. The predicted octanol–water partition coefficient (Wildman–Crippen LogP) is 5.60. The Morgan fingerprint density at radius 1 is 1.15 bits per heavy atom. The fraction of sp³-hybridized carbons (Fsp3) is 0.280. The van der Waals surface area contributed by atoms with Gasteiger partial charge in [0.2, 0.25) is 0 Å². The third-order valence-corrected chi connectivity index (χ3v) is 6.38. The minimum absolute atomic E-state index is 0.188. The number of carbonyl (C=O) groups is 1. The Kier molecular flexibility index (Phi) is 6.93. The van der Waals surface area contributed by atoms with Crippen LogP contribution in [-0.2, 0) is 12.3 Å². The Morgan fingerprint density at radius 3 is 2.76 bits per heavy atom. The van der Waals surface area contributed by atoms with Gasteiger partial charge in [-0.05, 0) is 43.7 Å². The van der Waals surface area contributed by atoms with E-state index in [9.17, 15) is 4.79 Å². The number of benzene rings is 1. The summed E-state index contributed by atoms with van der Waals surface area (Å²) in [5, 5.41) is 7.69. The van der Waals surface area contributed by atoms with Gasteiger partial charge in [-0.15, -0.1) is 11.8 Å². The molecule has 33 heavy (non-hydrogen) atoms. The van der Waals surface area contributed by atoms with Gasteiger partial charge in [0.15, 0.2) is 0 Å². The maximum absolute atomic E-state index is 13.1. The van der Waals surface area contributed by atoms with Gasteiger partial charge in [0, 0.05) is 48.1 Å². The van der Waals surface area contributed by atoms with Crippen molar-refractivity contribution in [3.8, 4) is 0 Å². The van der Waals surface area contributed by atoms with Gasteiger partial charge < -0.3 is 14.4 Å². The first-order valence-electron chi connectivity index (χ1n) is 10.8. The van der Waals surface area contributed by atoms with Gasteiger partial charge in [-0.3, -0.25) is 4.79 Å². The average Bonchev–Trinajstić information content (AvgIpc) is 3.39. The molecule has 0 radical (unpaired) electrons. The summed E-state index contributed by atoms with van der Waals surface area (Å²) in [7, 11) is 0. The van der Waals surface area contributed by atoms with Crippen molar-refractivity contribution in [1.82, 2.24) is 19.7 Å². The molecule has 0 unspecified atom stereocenters. The highest BCUT2D eigenvalue weighted by atomic mass is 32.2. The van der Waals surface area contributed by atoms with E-state index in [4.69, 9.17) is 4.52 Å². The van der Waals surface area contributed by atoms with Crippen LogP contribution in [-0.4, -0.2) is 25.6 Å². The molecule has 7 nitrogen and oxygen atoms in total. The topological polar surface area (TPSA) is 85.8 Å². The first-order chi connectivity index (χ1) is 15.9. The molecule has 1 amide bonds. The van der Waals surface area contributed by atoms with Crippen LogP contribution < -0.4 is 5.32 Å². The molecule has 3 heterocycles. The number of pyridine rings is 1.